The molecule has 2 heterocycles. The first-order chi connectivity index (χ1) is 22.4. The molecule has 8 bridgehead atoms. The molecule has 4 N–H and O–H groups in total. The van der Waals surface area contributed by atoms with Crippen LogP contribution in [-0.4, -0.2) is 30.4 Å². The van der Waals surface area contributed by atoms with Crippen LogP contribution in [-0.2, 0) is 25.7 Å². The minimum Gasteiger partial charge on any atom is -0.507 e. The van der Waals surface area contributed by atoms with E-state index in [0.29, 0.717) is 66.1 Å². The van der Waals surface area contributed by atoms with Gasteiger partial charge in [0.1, 0.15) is 23.0 Å². The average Bonchev–Trinajstić information content (AvgIpc) is 3.77. The smallest absolute Gasteiger partial charge is 0.229 e. The summed E-state index contributed by atoms with van der Waals surface area (Å²) in [6.45, 7) is 0. The molecule has 1 aliphatic carbocycles. The number of hydrogen-bond acceptors (Lipinski definition) is 12. The van der Waals surface area contributed by atoms with Crippen LogP contribution < -0.4 is 0 Å². The summed E-state index contributed by atoms with van der Waals surface area (Å²) in [5.74, 6) is 0.217. The highest BCUT2D eigenvalue weighted by Crippen LogP contribution is 2.40. The van der Waals surface area contributed by atoms with Gasteiger partial charge in [0, 0.05) is 71.1 Å². The van der Waals surface area contributed by atoms with Gasteiger partial charge in [-0.1, -0.05) is 36.4 Å². The number of nitrogens with zero attached hydrogens (tertiary/aromatic N) is 6. The lowest BCUT2D eigenvalue weighted by atomic mass is 9.91. The zero-order chi connectivity index (χ0) is 31.6. The molecule has 0 fully saturated rings. The van der Waals surface area contributed by atoms with Crippen LogP contribution in [0.1, 0.15) is 44.5 Å². The van der Waals surface area contributed by atoms with Gasteiger partial charge in [0.15, 0.2) is 0 Å². The Labute approximate surface area is 271 Å². The molecular formula is C34H26N6O4S2. The Morgan fingerprint density at radius 1 is 0.457 bits per heavy atom. The number of aromatic nitrogens is 2. The summed E-state index contributed by atoms with van der Waals surface area (Å²) in [7, 11) is 0. The van der Waals surface area contributed by atoms with Gasteiger partial charge < -0.3 is 20.4 Å². The van der Waals surface area contributed by atoms with Crippen LogP contribution in [0.25, 0.3) is 0 Å². The van der Waals surface area contributed by atoms with Crippen molar-refractivity contribution in [3.63, 3.8) is 0 Å². The van der Waals surface area contributed by atoms with Crippen LogP contribution >= 0.6 is 22.7 Å². The predicted octanol–water partition coefficient (Wildman–Crippen LogP) is 8.93. The fourth-order valence-corrected chi connectivity index (χ4v) is 6.46. The molecule has 228 valence electrons. The molecule has 46 heavy (non-hydrogen) atoms. The van der Waals surface area contributed by atoms with E-state index >= 15 is 0 Å². The van der Waals surface area contributed by atoms with Crippen molar-refractivity contribution in [2.24, 2.45) is 20.5 Å². The lowest BCUT2D eigenvalue weighted by Crippen LogP contribution is -2.00. The molecule has 0 unspecified atom stereocenters. The van der Waals surface area contributed by atoms with E-state index in [1.807, 2.05) is 35.0 Å². The number of fused-ring (bicyclic) bond motifs is 8. The van der Waals surface area contributed by atoms with Crippen molar-refractivity contribution >= 4 is 44.3 Å². The minimum absolute atomic E-state index is 0.0173. The van der Waals surface area contributed by atoms with E-state index in [9.17, 15) is 20.4 Å². The third kappa shape index (κ3) is 6.08. The maximum Gasteiger partial charge on any atom is 0.229 e. The lowest BCUT2D eigenvalue weighted by Gasteiger charge is -2.17. The van der Waals surface area contributed by atoms with E-state index in [4.69, 9.17) is 0 Å². The molecule has 0 saturated heterocycles. The Morgan fingerprint density at radius 2 is 0.783 bits per heavy atom. The van der Waals surface area contributed by atoms with Gasteiger partial charge in [-0.2, -0.15) is 0 Å². The normalized spacial score (nSPS) is 13.0. The molecule has 10 nitrogen and oxygen atoms in total. The third-order valence-corrected chi connectivity index (χ3v) is 9.09. The molecule has 0 saturated carbocycles. The zero-order valence-electron chi connectivity index (χ0n) is 24.2. The number of azo groups is 2. The van der Waals surface area contributed by atoms with Gasteiger partial charge in [-0.25, -0.2) is 9.97 Å². The molecule has 0 radical (unpaired) electrons. The summed E-state index contributed by atoms with van der Waals surface area (Å²) in [4.78, 5) is 8.34. The number of para-hydroxylation sites is 2. The molecule has 12 heteroatoms. The quantitative estimate of drug-likeness (QED) is 0.140. The minimum atomic E-state index is 0.0173. The van der Waals surface area contributed by atoms with Crippen LogP contribution in [0.3, 0.4) is 0 Å². The summed E-state index contributed by atoms with van der Waals surface area (Å²) in [5.41, 5.74) is 5.46. The van der Waals surface area contributed by atoms with Crippen molar-refractivity contribution in [2.45, 2.75) is 25.7 Å². The van der Waals surface area contributed by atoms with Crippen molar-refractivity contribution in [2.75, 3.05) is 0 Å². The number of aromatic hydroxyl groups is 4. The molecule has 7 rings (SSSR count). The van der Waals surface area contributed by atoms with Crippen molar-refractivity contribution in [3.8, 4) is 23.0 Å². The second-order valence-electron chi connectivity index (χ2n) is 10.8. The van der Waals surface area contributed by atoms with Gasteiger partial charge in [0.25, 0.3) is 0 Å². The first kappa shape index (κ1) is 29.3. The Morgan fingerprint density at radius 3 is 1.13 bits per heavy atom. The number of hydrogen-bond donors (Lipinski definition) is 4. The highest BCUT2D eigenvalue weighted by Gasteiger charge is 2.20. The van der Waals surface area contributed by atoms with E-state index in [1.54, 1.807) is 48.8 Å². The van der Waals surface area contributed by atoms with Crippen molar-refractivity contribution in [1.82, 2.24) is 9.97 Å². The van der Waals surface area contributed by atoms with Crippen molar-refractivity contribution in [3.05, 3.63) is 128 Å². The molecule has 1 aliphatic rings. The molecule has 0 atom stereocenters. The Bertz CT molecular complexity index is 1960. The standard InChI is InChI=1S/C34H26N6O4S2/c41-29-19-3-1-5-21(29)12-23-15-27(37-39-33-35-7-9-45-33)17-25(31(23)43)14-26-18-28(38-40-34-36-8-10-46-34)16-24(32(26)44)13-22-6-2-4-20(11-19)30(22)42/h1-10,15-18,41-44H,11-14H2. The first-order valence-corrected chi connectivity index (χ1v) is 16.1. The van der Waals surface area contributed by atoms with Gasteiger partial charge in [0.2, 0.25) is 10.3 Å². The second-order valence-corrected chi connectivity index (χ2v) is 12.6. The molecule has 0 amide bonds. The van der Waals surface area contributed by atoms with Crippen LogP contribution in [0.2, 0.25) is 0 Å². The van der Waals surface area contributed by atoms with Gasteiger partial charge in [-0.15, -0.1) is 43.1 Å². The van der Waals surface area contributed by atoms with E-state index in [1.165, 1.54) is 22.7 Å². The fraction of sp³-hybridized carbons (Fsp3) is 0.118. The molecular weight excluding hydrogens is 621 g/mol. The van der Waals surface area contributed by atoms with Crippen LogP contribution in [0, 0.1) is 0 Å². The molecule has 4 aromatic carbocycles. The Balaban J connectivity index is 1.41. The predicted molar refractivity (Wildman–Crippen MR) is 176 cm³/mol. The maximum atomic E-state index is 11.6. The molecule has 2 aromatic heterocycles. The van der Waals surface area contributed by atoms with Crippen LogP contribution in [0.5, 0.6) is 23.0 Å². The molecule has 0 spiro atoms. The van der Waals surface area contributed by atoms with E-state index in [-0.39, 0.29) is 48.7 Å². The first-order valence-electron chi connectivity index (χ1n) is 14.3. The van der Waals surface area contributed by atoms with Crippen LogP contribution in [0.15, 0.2) is 104 Å². The topological polar surface area (TPSA) is 156 Å². The van der Waals surface area contributed by atoms with Gasteiger partial charge in [0.05, 0.1) is 11.4 Å². The van der Waals surface area contributed by atoms with E-state index < -0.39 is 0 Å². The maximum absolute atomic E-state index is 11.6. The number of phenolic OH excluding ortho intramolecular Hbond substituents is 4. The highest BCUT2D eigenvalue weighted by molar-refractivity contribution is 7.13. The summed E-state index contributed by atoms with van der Waals surface area (Å²) in [5, 5.41) is 67.7. The lowest BCUT2D eigenvalue weighted by molar-refractivity contribution is 0.450. The van der Waals surface area contributed by atoms with E-state index in [2.05, 4.69) is 30.4 Å². The largest absolute Gasteiger partial charge is 0.507 e. The average molecular weight is 647 g/mol. The van der Waals surface area contributed by atoms with Gasteiger partial charge in [-0.05, 0) is 46.5 Å². The number of benzene rings is 4. The highest BCUT2D eigenvalue weighted by atomic mass is 32.1. The number of phenols is 4. The molecule has 6 aromatic rings. The summed E-state index contributed by atoms with van der Waals surface area (Å²) >= 11 is 2.70. The third-order valence-electron chi connectivity index (χ3n) is 7.78. The van der Waals surface area contributed by atoms with E-state index in [0.717, 1.165) is 0 Å². The number of rotatable bonds is 4. The second kappa shape index (κ2) is 12.5. The monoisotopic (exact) mass is 646 g/mol. The summed E-state index contributed by atoms with van der Waals surface area (Å²) in [6, 6.07) is 17.8. The SMILES string of the molecule is Oc1c2cccc1Cc1cc(N=Nc3nccs3)cc(c1O)Cc1cc(N=Nc3nccs3)cc(c1O)Cc1cccc(c1O)C2. The van der Waals surface area contributed by atoms with Gasteiger partial charge in [-0.3, -0.25) is 0 Å². The number of thiazole rings is 2. The fourth-order valence-electron chi connectivity index (χ4n) is 5.55. The van der Waals surface area contributed by atoms with Gasteiger partial charge >= 0.3 is 0 Å². The van der Waals surface area contributed by atoms with Crippen LogP contribution in [0.4, 0.5) is 21.6 Å². The Kier molecular flexibility index (Phi) is 7.95. The Hall–Kier alpha value is -5.46. The summed E-state index contributed by atoms with van der Waals surface area (Å²) in [6.07, 6.45) is 4.09. The van der Waals surface area contributed by atoms with Crippen molar-refractivity contribution < 1.29 is 20.4 Å². The zero-order valence-corrected chi connectivity index (χ0v) is 25.8. The summed E-state index contributed by atoms with van der Waals surface area (Å²) < 4.78 is 0. The molecule has 0 aliphatic heterocycles. The van der Waals surface area contributed by atoms with Crippen molar-refractivity contribution in [1.29, 1.82) is 0 Å².